The summed E-state index contributed by atoms with van der Waals surface area (Å²) in [5.74, 6) is -2.09. The third-order valence-electron chi connectivity index (χ3n) is 8.85. The van der Waals surface area contributed by atoms with Gasteiger partial charge in [0, 0.05) is 17.5 Å². The van der Waals surface area contributed by atoms with Crippen LogP contribution in [0.2, 0.25) is 0 Å². The smallest absolute Gasteiger partial charge is 0.310 e. The molecule has 1 spiro atoms. The van der Waals surface area contributed by atoms with Crippen LogP contribution in [0.15, 0.2) is 67.8 Å². The fourth-order valence-electron chi connectivity index (χ4n) is 7.01. The maximum absolute atomic E-state index is 14.7. The molecule has 0 saturated carbocycles. The molecule has 212 valence electrons. The number of anilines is 1. The number of ether oxygens (including phenoxy) is 1. The number of carbonyl (C=O) groups excluding carboxylic acids is 3. The van der Waals surface area contributed by atoms with Gasteiger partial charge in [-0.3, -0.25) is 14.4 Å². The second-order valence-electron chi connectivity index (χ2n) is 11.2. The molecule has 3 fully saturated rings. The van der Waals surface area contributed by atoms with Crippen molar-refractivity contribution in [1.29, 1.82) is 0 Å². The summed E-state index contributed by atoms with van der Waals surface area (Å²) in [7, 11) is 0. The van der Waals surface area contributed by atoms with Gasteiger partial charge < -0.3 is 19.6 Å². The van der Waals surface area contributed by atoms with Crippen molar-refractivity contribution in [2.24, 2.45) is 17.8 Å². The Labute approximate surface area is 240 Å². The average molecular weight is 563 g/mol. The minimum absolute atomic E-state index is 0.0216. The van der Waals surface area contributed by atoms with Gasteiger partial charge in [-0.15, -0.1) is 24.9 Å². The number of thioether (sulfide) groups is 1. The van der Waals surface area contributed by atoms with Crippen LogP contribution in [-0.2, 0) is 19.1 Å². The molecule has 3 saturated heterocycles. The largest absolute Gasteiger partial charge is 0.465 e. The highest BCUT2D eigenvalue weighted by molar-refractivity contribution is 8.02. The number of amides is 2. The van der Waals surface area contributed by atoms with Crippen molar-refractivity contribution in [2.75, 3.05) is 24.7 Å². The number of benzene rings is 2. The number of rotatable bonds is 11. The Morgan fingerprint density at radius 1 is 1.23 bits per heavy atom. The number of nitrogens with zero attached hydrogens (tertiary/aromatic N) is 2. The van der Waals surface area contributed by atoms with Crippen molar-refractivity contribution >= 4 is 46.0 Å². The van der Waals surface area contributed by atoms with Crippen LogP contribution in [0, 0.1) is 17.8 Å². The van der Waals surface area contributed by atoms with Crippen molar-refractivity contribution in [1.82, 2.24) is 4.90 Å². The van der Waals surface area contributed by atoms with Crippen LogP contribution in [0.5, 0.6) is 0 Å². The summed E-state index contributed by atoms with van der Waals surface area (Å²) in [5, 5.41) is 12.2. The van der Waals surface area contributed by atoms with Gasteiger partial charge in [0.1, 0.15) is 6.04 Å². The Hall–Kier alpha value is -3.10. The van der Waals surface area contributed by atoms with E-state index in [1.807, 2.05) is 42.5 Å². The molecule has 3 unspecified atom stereocenters. The van der Waals surface area contributed by atoms with E-state index in [4.69, 9.17) is 4.74 Å². The molecule has 3 aliphatic heterocycles. The number of hydrogen-bond acceptors (Lipinski definition) is 6. The van der Waals surface area contributed by atoms with E-state index in [1.165, 1.54) is 0 Å². The summed E-state index contributed by atoms with van der Waals surface area (Å²) < 4.78 is 4.87. The van der Waals surface area contributed by atoms with Gasteiger partial charge >= 0.3 is 5.97 Å². The maximum Gasteiger partial charge on any atom is 0.310 e. The van der Waals surface area contributed by atoms with Crippen molar-refractivity contribution in [3.05, 3.63) is 67.8 Å². The van der Waals surface area contributed by atoms with Gasteiger partial charge in [0.15, 0.2) is 0 Å². The van der Waals surface area contributed by atoms with Crippen LogP contribution >= 0.6 is 11.8 Å². The highest BCUT2D eigenvalue weighted by Crippen LogP contribution is 2.69. The molecule has 0 aliphatic carbocycles. The van der Waals surface area contributed by atoms with Gasteiger partial charge in [-0.05, 0) is 55.0 Å². The quantitative estimate of drug-likeness (QED) is 0.245. The number of likely N-dealkylation sites (tertiary alicyclic amines) is 1. The molecule has 0 aromatic heterocycles. The number of aliphatic hydroxyl groups is 1. The predicted molar refractivity (Wildman–Crippen MR) is 159 cm³/mol. The van der Waals surface area contributed by atoms with Gasteiger partial charge in [0.05, 0.1) is 35.8 Å². The van der Waals surface area contributed by atoms with E-state index in [1.54, 1.807) is 40.6 Å². The molecular weight excluding hydrogens is 524 g/mol. The first-order chi connectivity index (χ1) is 19.3. The van der Waals surface area contributed by atoms with Gasteiger partial charge in [-0.25, -0.2) is 0 Å². The molecule has 1 N–H and O–H groups in total. The summed E-state index contributed by atoms with van der Waals surface area (Å²) in [5.41, 5.74) is 0.718. The van der Waals surface area contributed by atoms with E-state index in [-0.39, 0.29) is 48.7 Å². The normalized spacial score (nSPS) is 29.3. The number of carbonyl (C=O) groups is 3. The summed E-state index contributed by atoms with van der Waals surface area (Å²) >= 11 is 1.61. The minimum Gasteiger partial charge on any atom is -0.465 e. The lowest BCUT2D eigenvalue weighted by Crippen LogP contribution is -2.59. The van der Waals surface area contributed by atoms with Crippen LogP contribution in [0.4, 0.5) is 5.69 Å². The van der Waals surface area contributed by atoms with Crippen LogP contribution in [0.25, 0.3) is 10.8 Å². The number of esters is 1. The van der Waals surface area contributed by atoms with Crippen molar-refractivity contribution in [2.45, 2.75) is 55.2 Å². The van der Waals surface area contributed by atoms with Crippen molar-refractivity contribution < 1.29 is 24.2 Å². The molecule has 2 aromatic carbocycles. The second kappa shape index (κ2) is 11.4. The first kappa shape index (κ1) is 28.4. The zero-order chi connectivity index (χ0) is 28.6. The lowest BCUT2D eigenvalue weighted by Gasteiger charge is -2.41. The van der Waals surface area contributed by atoms with Gasteiger partial charge in [0.25, 0.3) is 5.91 Å². The van der Waals surface area contributed by atoms with E-state index in [9.17, 15) is 19.5 Å². The zero-order valence-electron chi connectivity index (χ0n) is 23.2. The lowest BCUT2D eigenvalue weighted by molar-refractivity contribution is -0.155. The third-order valence-corrected chi connectivity index (χ3v) is 10.9. The molecule has 2 aromatic rings. The highest BCUT2D eigenvalue weighted by atomic mass is 32.2. The van der Waals surface area contributed by atoms with Crippen molar-refractivity contribution in [3.63, 3.8) is 0 Å². The molecular formula is C32H38N2O5S. The first-order valence-corrected chi connectivity index (χ1v) is 15.0. The standard InChI is InChI=1S/C32H38N2O5S/c1-5-7-10-16-39-31(38)26-25-17-20(3)32(40-25)27(26)29(36)34(21(4)19-35)28(32)30(37)33(15-6-2)24-14-13-22-11-8-9-12-23(22)18-24/h5-6,8-9,11-14,18,20-21,25-28,35H,1-2,7,10,15-17,19H2,3-4H3/t20?,21-,25+,26-,27+,28?,32?/m1/s1. The maximum atomic E-state index is 14.7. The Balaban J connectivity index is 1.55. The summed E-state index contributed by atoms with van der Waals surface area (Å²) in [6, 6.07) is 12.4. The average Bonchev–Trinajstić information content (AvgIpc) is 3.56. The predicted octanol–water partition coefficient (Wildman–Crippen LogP) is 4.59. The Morgan fingerprint density at radius 2 is 1.98 bits per heavy atom. The number of aliphatic hydroxyl groups excluding tert-OH is 1. The van der Waals surface area contributed by atoms with E-state index in [2.05, 4.69) is 20.1 Å². The number of fused-ring (bicyclic) bond motifs is 2. The molecule has 7 nitrogen and oxygen atoms in total. The molecule has 3 aliphatic rings. The molecule has 2 amide bonds. The highest BCUT2D eigenvalue weighted by Gasteiger charge is 2.77. The Bertz CT molecular complexity index is 1330. The fraction of sp³-hybridized carbons (Fsp3) is 0.469. The van der Waals surface area contributed by atoms with Crippen LogP contribution < -0.4 is 4.90 Å². The van der Waals surface area contributed by atoms with Crippen molar-refractivity contribution in [3.8, 4) is 0 Å². The SMILES string of the molecule is C=CCCCOC(=O)[C@@H]1[C@@H]2CC(C)C3(S2)C(C(=O)N(CC=C)c2ccc4ccccc4c2)N([C@H](C)CO)C(=O)[C@H]13. The Morgan fingerprint density at radius 3 is 2.67 bits per heavy atom. The number of hydrogen-bond donors (Lipinski definition) is 1. The molecule has 3 heterocycles. The summed E-state index contributed by atoms with van der Waals surface area (Å²) in [4.78, 5) is 45.6. The molecule has 2 bridgehead atoms. The van der Waals surface area contributed by atoms with Crippen LogP contribution in [0.1, 0.15) is 33.1 Å². The van der Waals surface area contributed by atoms with Crippen LogP contribution in [-0.4, -0.2) is 69.6 Å². The fourth-order valence-corrected chi connectivity index (χ4v) is 9.40. The van der Waals surface area contributed by atoms with Gasteiger partial charge in [-0.2, -0.15) is 0 Å². The van der Waals surface area contributed by atoms with Gasteiger partial charge in [-0.1, -0.05) is 49.4 Å². The third kappa shape index (κ3) is 4.45. The van der Waals surface area contributed by atoms with E-state index in [0.717, 1.165) is 29.3 Å². The first-order valence-electron chi connectivity index (χ1n) is 14.1. The topological polar surface area (TPSA) is 87.2 Å². The second-order valence-corrected chi connectivity index (χ2v) is 12.7. The molecule has 40 heavy (non-hydrogen) atoms. The lowest BCUT2D eigenvalue weighted by atomic mass is 9.66. The summed E-state index contributed by atoms with van der Waals surface area (Å²) in [6.45, 7) is 11.7. The zero-order valence-corrected chi connectivity index (χ0v) is 24.0. The number of allylic oxidation sites excluding steroid dienone is 1. The molecule has 0 radical (unpaired) electrons. The number of unbranched alkanes of at least 4 members (excludes halogenated alkanes) is 1. The monoisotopic (exact) mass is 562 g/mol. The Kier molecular flexibility index (Phi) is 8.11. The molecule has 5 rings (SSSR count). The molecule has 8 heteroatoms. The van der Waals surface area contributed by atoms with E-state index in [0.29, 0.717) is 6.42 Å². The van der Waals surface area contributed by atoms with E-state index >= 15 is 0 Å². The minimum atomic E-state index is -0.831. The van der Waals surface area contributed by atoms with Gasteiger partial charge in [0.2, 0.25) is 5.91 Å². The van der Waals surface area contributed by atoms with Crippen LogP contribution in [0.3, 0.4) is 0 Å². The molecule has 7 atom stereocenters. The van der Waals surface area contributed by atoms with E-state index < -0.39 is 28.7 Å². The summed E-state index contributed by atoms with van der Waals surface area (Å²) in [6.07, 6.45) is 5.62.